The molecule has 0 spiro atoms. The van der Waals surface area contributed by atoms with Crippen molar-refractivity contribution in [3.05, 3.63) is 51.7 Å². The van der Waals surface area contributed by atoms with E-state index in [1.54, 1.807) is 23.5 Å². The molecule has 2 aromatic rings. The number of nitrogens with zero attached hydrogens (tertiary/aromatic N) is 2. The third-order valence-electron chi connectivity index (χ3n) is 5.24. The van der Waals surface area contributed by atoms with Gasteiger partial charge in [0.25, 0.3) is 0 Å². The summed E-state index contributed by atoms with van der Waals surface area (Å²) in [4.78, 5) is 16.2. The van der Waals surface area contributed by atoms with Crippen molar-refractivity contribution in [1.29, 1.82) is 0 Å². The molecular formula is C20H26ClN3O3S2. The van der Waals surface area contributed by atoms with Crippen LogP contribution < -0.4 is 5.32 Å². The van der Waals surface area contributed by atoms with E-state index in [0.29, 0.717) is 37.5 Å². The number of amides is 1. The minimum Gasteiger partial charge on any atom is -0.354 e. The molecule has 1 aromatic carbocycles. The van der Waals surface area contributed by atoms with Crippen LogP contribution in [0.25, 0.3) is 0 Å². The first kappa shape index (κ1) is 22.2. The predicted molar refractivity (Wildman–Crippen MR) is 117 cm³/mol. The maximum Gasteiger partial charge on any atom is 0.243 e. The second-order valence-electron chi connectivity index (χ2n) is 7.37. The Kier molecular flexibility index (Phi) is 7.34. The van der Waals surface area contributed by atoms with Crippen LogP contribution in [-0.4, -0.2) is 57.3 Å². The summed E-state index contributed by atoms with van der Waals surface area (Å²) in [5, 5.41) is 5.59. The van der Waals surface area contributed by atoms with Crippen LogP contribution in [0.2, 0.25) is 5.02 Å². The van der Waals surface area contributed by atoms with Crippen molar-refractivity contribution in [2.75, 3.05) is 33.7 Å². The third-order valence-corrected chi connectivity index (χ3v) is 8.38. The molecule has 158 valence electrons. The molecule has 1 amide bonds. The quantitative estimate of drug-likeness (QED) is 0.695. The molecular weight excluding hydrogens is 430 g/mol. The second kappa shape index (κ2) is 9.57. The number of likely N-dealkylation sites (N-methyl/N-ethyl adjacent to an activating group) is 1. The Labute approximate surface area is 181 Å². The molecule has 1 aromatic heterocycles. The number of thiophene rings is 1. The van der Waals surface area contributed by atoms with Gasteiger partial charge >= 0.3 is 0 Å². The van der Waals surface area contributed by atoms with Gasteiger partial charge in [-0.2, -0.15) is 4.31 Å². The lowest BCUT2D eigenvalue weighted by molar-refractivity contribution is -0.126. The highest BCUT2D eigenvalue weighted by Crippen LogP contribution is 2.26. The number of piperidine rings is 1. The van der Waals surface area contributed by atoms with Gasteiger partial charge in [0.1, 0.15) is 0 Å². The zero-order valence-corrected chi connectivity index (χ0v) is 18.9. The Hall–Kier alpha value is -1.45. The van der Waals surface area contributed by atoms with Gasteiger partial charge in [-0.3, -0.25) is 4.79 Å². The van der Waals surface area contributed by atoms with E-state index < -0.39 is 10.0 Å². The SMILES string of the molecule is CN(C)[C@@H](CNC(=O)C1CCN(S(=O)(=O)c2ccc(Cl)cc2)CC1)c1cccs1. The van der Waals surface area contributed by atoms with Crippen LogP contribution in [-0.2, 0) is 14.8 Å². The average molecular weight is 456 g/mol. The van der Waals surface area contributed by atoms with E-state index in [1.807, 2.05) is 25.5 Å². The molecule has 0 saturated carbocycles. The Morgan fingerprint density at radius 3 is 2.45 bits per heavy atom. The van der Waals surface area contributed by atoms with Gasteiger partial charge in [-0.25, -0.2) is 8.42 Å². The number of sulfonamides is 1. The van der Waals surface area contributed by atoms with Gasteiger partial charge in [-0.05, 0) is 62.6 Å². The molecule has 0 unspecified atom stereocenters. The van der Waals surface area contributed by atoms with Crippen LogP contribution in [0.1, 0.15) is 23.8 Å². The van der Waals surface area contributed by atoms with E-state index in [0.717, 1.165) is 0 Å². The number of hydrogen-bond acceptors (Lipinski definition) is 5. The zero-order valence-electron chi connectivity index (χ0n) is 16.5. The topological polar surface area (TPSA) is 69.7 Å². The summed E-state index contributed by atoms with van der Waals surface area (Å²) in [5.41, 5.74) is 0. The van der Waals surface area contributed by atoms with E-state index in [4.69, 9.17) is 11.6 Å². The number of carbonyl (C=O) groups excluding carboxylic acids is 1. The second-order valence-corrected chi connectivity index (χ2v) is 10.7. The molecule has 3 rings (SSSR count). The minimum absolute atomic E-state index is 0.00283. The number of benzene rings is 1. The van der Waals surface area contributed by atoms with Gasteiger partial charge in [0.05, 0.1) is 10.9 Å². The van der Waals surface area contributed by atoms with Gasteiger partial charge in [0.2, 0.25) is 15.9 Å². The number of hydrogen-bond donors (Lipinski definition) is 1. The predicted octanol–water partition coefficient (Wildman–Crippen LogP) is 3.22. The van der Waals surface area contributed by atoms with Crippen LogP contribution in [0.5, 0.6) is 0 Å². The zero-order chi connectivity index (χ0) is 21.0. The minimum atomic E-state index is -3.56. The summed E-state index contributed by atoms with van der Waals surface area (Å²) in [6.07, 6.45) is 1.04. The van der Waals surface area contributed by atoms with Crippen LogP contribution >= 0.6 is 22.9 Å². The molecule has 0 aliphatic carbocycles. The average Bonchev–Trinajstić information content (AvgIpc) is 3.22. The van der Waals surface area contributed by atoms with Crippen molar-refractivity contribution < 1.29 is 13.2 Å². The molecule has 1 fully saturated rings. The lowest BCUT2D eigenvalue weighted by Crippen LogP contribution is -2.44. The van der Waals surface area contributed by atoms with E-state index in [9.17, 15) is 13.2 Å². The normalized spacial score (nSPS) is 17.4. The Bertz CT molecular complexity index is 907. The van der Waals surface area contributed by atoms with Crippen molar-refractivity contribution >= 4 is 38.9 Å². The first-order chi connectivity index (χ1) is 13.8. The van der Waals surface area contributed by atoms with Crippen molar-refractivity contribution in [1.82, 2.24) is 14.5 Å². The van der Waals surface area contributed by atoms with Gasteiger partial charge in [-0.1, -0.05) is 17.7 Å². The Balaban J connectivity index is 1.54. The number of rotatable bonds is 7. The monoisotopic (exact) mass is 455 g/mol. The van der Waals surface area contributed by atoms with Crippen molar-refractivity contribution in [2.24, 2.45) is 5.92 Å². The Morgan fingerprint density at radius 1 is 1.24 bits per heavy atom. The molecule has 1 N–H and O–H groups in total. The van der Waals surface area contributed by atoms with E-state index in [2.05, 4.69) is 16.3 Å². The fraction of sp³-hybridized carbons (Fsp3) is 0.450. The molecule has 6 nitrogen and oxygen atoms in total. The number of halogens is 1. The maximum absolute atomic E-state index is 12.8. The molecule has 9 heteroatoms. The third kappa shape index (κ3) is 5.38. The number of nitrogens with one attached hydrogen (secondary N) is 1. The molecule has 2 heterocycles. The summed E-state index contributed by atoms with van der Waals surface area (Å²) >= 11 is 7.52. The van der Waals surface area contributed by atoms with Gasteiger partial charge < -0.3 is 10.2 Å². The van der Waals surface area contributed by atoms with E-state index in [-0.39, 0.29) is 22.8 Å². The van der Waals surface area contributed by atoms with Gasteiger partial charge in [-0.15, -0.1) is 11.3 Å². The summed E-state index contributed by atoms with van der Waals surface area (Å²) in [5.74, 6) is -0.172. The van der Waals surface area contributed by atoms with Crippen molar-refractivity contribution in [3.8, 4) is 0 Å². The summed E-state index contributed by atoms with van der Waals surface area (Å²) < 4.78 is 27.0. The first-order valence-corrected chi connectivity index (χ1v) is 12.2. The molecule has 1 aliphatic rings. The molecule has 29 heavy (non-hydrogen) atoms. The lowest BCUT2D eigenvalue weighted by atomic mass is 9.97. The molecule has 1 atom stereocenters. The maximum atomic E-state index is 12.8. The highest BCUT2D eigenvalue weighted by molar-refractivity contribution is 7.89. The van der Waals surface area contributed by atoms with E-state index in [1.165, 1.54) is 21.3 Å². The first-order valence-electron chi connectivity index (χ1n) is 9.52. The fourth-order valence-corrected chi connectivity index (χ4v) is 5.99. The fourth-order valence-electron chi connectivity index (χ4n) is 3.47. The van der Waals surface area contributed by atoms with Crippen LogP contribution in [0, 0.1) is 5.92 Å². The lowest BCUT2D eigenvalue weighted by Gasteiger charge is -2.31. The highest BCUT2D eigenvalue weighted by atomic mass is 35.5. The molecule has 0 radical (unpaired) electrons. The Morgan fingerprint density at radius 2 is 1.90 bits per heavy atom. The van der Waals surface area contributed by atoms with Crippen LogP contribution in [0.4, 0.5) is 0 Å². The molecule has 1 aliphatic heterocycles. The van der Waals surface area contributed by atoms with Crippen molar-refractivity contribution in [3.63, 3.8) is 0 Å². The summed E-state index contributed by atoms with van der Waals surface area (Å²) in [6.45, 7) is 1.21. The van der Waals surface area contributed by atoms with Gasteiger partial charge in [0, 0.05) is 35.5 Å². The van der Waals surface area contributed by atoms with Crippen LogP contribution in [0.3, 0.4) is 0 Å². The summed E-state index contributed by atoms with van der Waals surface area (Å²) in [6, 6.07) is 10.4. The largest absolute Gasteiger partial charge is 0.354 e. The molecule has 1 saturated heterocycles. The van der Waals surface area contributed by atoms with Gasteiger partial charge in [0.15, 0.2) is 0 Å². The van der Waals surface area contributed by atoms with Crippen LogP contribution in [0.15, 0.2) is 46.7 Å². The smallest absolute Gasteiger partial charge is 0.243 e. The highest BCUT2D eigenvalue weighted by Gasteiger charge is 2.32. The van der Waals surface area contributed by atoms with E-state index >= 15 is 0 Å². The molecule has 0 bridgehead atoms. The van der Waals surface area contributed by atoms with Crippen molar-refractivity contribution in [2.45, 2.75) is 23.8 Å². The number of carbonyl (C=O) groups is 1. The summed E-state index contributed by atoms with van der Waals surface area (Å²) in [7, 11) is 0.437. The standard InChI is InChI=1S/C20H26ClN3O3S2/c1-23(2)18(19-4-3-13-28-19)14-22-20(25)15-9-11-24(12-10-15)29(26,27)17-7-5-16(21)6-8-17/h3-8,13,15,18H,9-12,14H2,1-2H3,(H,22,25)/t18-/m0/s1.